The Hall–Kier alpha value is -2.36. The number of nitrogens with zero attached hydrogens (tertiary/aromatic N) is 3. The number of sulfonamides is 1. The number of hydrogen-bond acceptors (Lipinski definition) is 6. The first-order valence-electron chi connectivity index (χ1n) is 7.84. The smallest absolute Gasteiger partial charge is 0.245 e. The van der Waals surface area contributed by atoms with Gasteiger partial charge in [0.05, 0.1) is 18.3 Å². The Morgan fingerprint density at radius 1 is 1.19 bits per heavy atom. The van der Waals surface area contributed by atoms with Crippen LogP contribution >= 0.6 is 11.7 Å². The van der Waals surface area contributed by atoms with Crippen molar-refractivity contribution in [2.75, 3.05) is 18.9 Å². The van der Waals surface area contributed by atoms with Crippen LogP contribution in [0.4, 0.5) is 5.69 Å². The predicted molar refractivity (Wildman–Crippen MR) is 102 cm³/mol. The van der Waals surface area contributed by atoms with E-state index in [1.807, 2.05) is 32.0 Å². The molecule has 1 heterocycles. The number of aromatic nitrogens is 2. The second kappa shape index (κ2) is 7.10. The van der Waals surface area contributed by atoms with E-state index in [-0.39, 0.29) is 11.4 Å². The number of benzene rings is 2. The van der Waals surface area contributed by atoms with E-state index >= 15 is 0 Å². The summed E-state index contributed by atoms with van der Waals surface area (Å²) in [6.07, 6.45) is 0. The minimum Gasteiger partial charge on any atom is -0.325 e. The van der Waals surface area contributed by atoms with Gasteiger partial charge >= 0.3 is 0 Å². The van der Waals surface area contributed by atoms with Crippen molar-refractivity contribution in [1.82, 2.24) is 13.1 Å². The molecule has 1 aromatic heterocycles. The van der Waals surface area contributed by atoms with E-state index in [2.05, 4.69) is 14.1 Å². The highest BCUT2D eigenvalue weighted by Gasteiger charge is 2.26. The van der Waals surface area contributed by atoms with E-state index in [1.54, 1.807) is 12.1 Å². The first-order chi connectivity index (χ1) is 12.3. The lowest BCUT2D eigenvalue weighted by Crippen LogP contribution is -2.35. The van der Waals surface area contributed by atoms with Crippen LogP contribution < -0.4 is 5.32 Å². The summed E-state index contributed by atoms with van der Waals surface area (Å²) in [5, 5.41) is 2.77. The van der Waals surface area contributed by atoms with Crippen molar-refractivity contribution in [2.24, 2.45) is 0 Å². The van der Waals surface area contributed by atoms with Crippen molar-refractivity contribution >= 4 is 44.4 Å². The average molecular weight is 390 g/mol. The molecule has 3 aromatic rings. The number of aryl methyl sites for hydroxylation is 2. The van der Waals surface area contributed by atoms with Crippen LogP contribution in [0, 0.1) is 13.8 Å². The lowest BCUT2D eigenvalue weighted by molar-refractivity contribution is -0.116. The molecule has 0 bridgehead atoms. The summed E-state index contributed by atoms with van der Waals surface area (Å²) < 4.78 is 34.8. The van der Waals surface area contributed by atoms with Crippen LogP contribution in [0.1, 0.15) is 11.1 Å². The first kappa shape index (κ1) is 18.4. The summed E-state index contributed by atoms with van der Waals surface area (Å²) >= 11 is 0.951. The van der Waals surface area contributed by atoms with Crippen molar-refractivity contribution in [3.05, 3.63) is 47.5 Å². The monoisotopic (exact) mass is 390 g/mol. The zero-order chi connectivity index (χ0) is 18.9. The topological polar surface area (TPSA) is 92.3 Å². The number of carbonyl (C=O) groups is 1. The van der Waals surface area contributed by atoms with E-state index in [0.29, 0.717) is 16.7 Å². The summed E-state index contributed by atoms with van der Waals surface area (Å²) in [5.41, 5.74) is 3.43. The Labute approximate surface area is 156 Å². The minimum atomic E-state index is -3.86. The number of rotatable bonds is 5. The van der Waals surface area contributed by atoms with Gasteiger partial charge in [-0.05, 0) is 43.2 Å². The SMILES string of the molecule is Cc1ccc(C)c(NC(=O)CN(C)S(=O)(=O)c2cccc3nsnc23)c1. The fraction of sp³-hybridized carbons (Fsp3) is 0.235. The van der Waals surface area contributed by atoms with Crippen LogP contribution in [0.2, 0.25) is 0 Å². The third-order valence-corrected chi connectivity index (χ3v) is 6.35. The number of anilines is 1. The molecule has 0 saturated heterocycles. The van der Waals surface area contributed by atoms with Gasteiger partial charge in [-0.3, -0.25) is 4.79 Å². The average Bonchev–Trinajstić information content (AvgIpc) is 3.06. The maximum absolute atomic E-state index is 12.8. The Kier molecular flexibility index (Phi) is 5.03. The Morgan fingerprint density at radius 2 is 1.96 bits per heavy atom. The largest absolute Gasteiger partial charge is 0.325 e. The zero-order valence-electron chi connectivity index (χ0n) is 14.6. The Bertz CT molecular complexity index is 1080. The molecule has 7 nitrogen and oxygen atoms in total. The van der Waals surface area contributed by atoms with E-state index < -0.39 is 15.9 Å². The lowest BCUT2D eigenvalue weighted by Gasteiger charge is -2.17. The van der Waals surface area contributed by atoms with E-state index in [0.717, 1.165) is 27.2 Å². The quantitative estimate of drug-likeness (QED) is 0.723. The van der Waals surface area contributed by atoms with Crippen LogP contribution in [0.15, 0.2) is 41.3 Å². The fourth-order valence-electron chi connectivity index (χ4n) is 2.50. The standard InChI is InChI=1S/C17H18N4O3S2/c1-11-7-8-12(2)14(9-11)18-16(22)10-21(3)26(23,24)15-6-4-5-13-17(15)20-25-19-13/h4-9H,10H2,1-3H3,(H,18,22). The molecule has 136 valence electrons. The molecule has 1 amide bonds. The third kappa shape index (κ3) is 3.59. The maximum atomic E-state index is 12.8. The summed E-state index contributed by atoms with van der Waals surface area (Å²) in [5.74, 6) is -0.409. The molecule has 26 heavy (non-hydrogen) atoms. The van der Waals surface area contributed by atoms with Crippen molar-refractivity contribution in [3.8, 4) is 0 Å². The molecule has 0 radical (unpaired) electrons. The molecule has 0 fully saturated rings. The highest BCUT2D eigenvalue weighted by atomic mass is 32.2. The molecule has 3 rings (SSSR count). The predicted octanol–water partition coefficient (Wildman–Crippen LogP) is 2.57. The minimum absolute atomic E-state index is 0.0470. The number of fused-ring (bicyclic) bond motifs is 1. The molecule has 1 N–H and O–H groups in total. The summed E-state index contributed by atoms with van der Waals surface area (Å²) in [6, 6.07) is 10.5. The molecule has 9 heteroatoms. The number of amides is 1. The number of hydrogen-bond donors (Lipinski definition) is 1. The summed E-state index contributed by atoms with van der Waals surface area (Å²) in [7, 11) is -2.49. The summed E-state index contributed by atoms with van der Waals surface area (Å²) in [4.78, 5) is 12.4. The van der Waals surface area contributed by atoms with Gasteiger partial charge in [0.1, 0.15) is 15.9 Å². The third-order valence-electron chi connectivity index (χ3n) is 3.97. The van der Waals surface area contributed by atoms with Crippen molar-refractivity contribution in [1.29, 1.82) is 0 Å². The van der Waals surface area contributed by atoms with Gasteiger partial charge in [0.15, 0.2) is 0 Å². The van der Waals surface area contributed by atoms with Crippen LogP contribution in [0.25, 0.3) is 11.0 Å². The normalized spacial score (nSPS) is 11.8. The number of nitrogens with one attached hydrogen (secondary N) is 1. The highest BCUT2D eigenvalue weighted by Crippen LogP contribution is 2.24. The second-order valence-electron chi connectivity index (χ2n) is 6.02. The lowest BCUT2D eigenvalue weighted by atomic mass is 10.1. The molecule has 0 aliphatic heterocycles. The molecule has 0 saturated carbocycles. The maximum Gasteiger partial charge on any atom is 0.245 e. The Balaban J connectivity index is 1.80. The van der Waals surface area contributed by atoms with E-state index in [4.69, 9.17) is 0 Å². The molecule has 0 aliphatic rings. The molecule has 2 aromatic carbocycles. The van der Waals surface area contributed by atoms with Gasteiger partial charge in [-0.1, -0.05) is 18.2 Å². The number of carbonyl (C=O) groups excluding carboxylic acids is 1. The Morgan fingerprint density at radius 3 is 2.73 bits per heavy atom. The van der Waals surface area contributed by atoms with Gasteiger partial charge < -0.3 is 5.32 Å². The second-order valence-corrected chi connectivity index (χ2v) is 8.56. The molecule has 0 unspecified atom stereocenters. The molecular weight excluding hydrogens is 372 g/mol. The molecular formula is C17H18N4O3S2. The van der Waals surface area contributed by atoms with Gasteiger partial charge in [-0.15, -0.1) is 0 Å². The van der Waals surface area contributed by atoms with Gasteiger partial charge in [0, 0.05) is 12.7 Å². The van der Waals surface area contributed by atoms with Crippen LogP contribution in [-0.2, 0) is 14.8 Å². The van der Waals surface area contributed by atoms with Gasteiger partial charge in [-0.2, -0.15) is 13.1 Å². The van der Waals surface area contributed by atoms with Crippen LogP contribution in [0.3, 0.4) is 0 Å². The van der Waals surface area contributed by atoms with E-state index in [9.17, 15) is 13.2 Å². The summed E-state index contributed by atoms with van der Waals surface area (Å²) in [6.45, 7) is 3.50. The van der Waals surface area contributed by atoms with Crippen molar-refractivity contribution < 1.29 is 13.2 Å². The van der Waals surface area contributed by atoms with E-state index in [1.165, 1.54) is 13.1 Å². The zero-order valence-corrected chi connectivity index (χ0v) is 16.2. The van der Waals surface area contributed by atoms with Gasteiger partial charge in [0.25, 0.3) is 0 Å². The van der Waals surface area contributed by atoms with Gasteiger partial charge in [0.2, 0.25) is 15.9 Å². The molecule has 0 spiro atoms. The molecule has 0 aliphatic carbocycles. The van der Waals surface area contributed by atoms with Crippen molar-refractivity contribution in [3.63, 3.8) is 0 Å². The molecule has 0 atom stereocenters. The van der Waals surface area contributed by atoms with Crippen LogP contribution in [0.5, 0.6) is 0 Å². The van der Waals surface area contributed by atoms with Crippen molar-refractivity contribution in [2.45, 2.75) is 18.7 Å². The highest BCUT2D eigenvalue weighted by molar-refractivity contribution is 7.89. The van der Waals surface area contributed by atoms with Gasteiger partial charge in [-0.25, -0.2) is 8.42 Å². The first-order valence-corrected chi connectivity index (χ1v) is 10.0. The number of likely N-dealkylation sites (N-methyl/N-ethyl adjacent to an activating group) is 1. The van der Waals surface area contributed by atoms with Crippen LogP contribution in [-0.4, -0.2) is 41.0 Å². The fourth-order valence-corrected chi connectivity index (χ4v) is 4.38.